The summed E-state index contributed by atoms with van der Waals surface area (Å²) in [6.07, 6.45) is -0.410. The van der Waals surface area contributed by atoms with Crippen molar-refractivity contribution in [1.29, 1.82) is 0 Å². The van der Waals surface area contributed by atoms with Crippen molar-refractivity contribution in [2.75, 3.05) is 24.7 Å². The van der Waals surface area contributed by atoms with Crippen LogP contribution >= 0.6 is 25.3 Å². The van der Waals surface area contributed by atoms with Crippen molar-refractivity contribution in [2.24, 2.45) is 17.6 Å². The maximum Gasteiger partial charge on any atom is 0.322 e. The molecule has 0 aliphatic rings. The summed E-state index contributed by atoms with van der Waals surface area (Å²) in [6.45, 7) is 5.69. The largest absolute Gasteiger partial charge is 0.481 e. The summed E-state index contributed by atoms with van der Waals surface area (Å²) >= 11 is 8.13. The zero-order valence-corrected chi connectivity index (χ0v) is 39.3. The monoisotopic (exact) mass is 982 g/mol. The number of rotatable bonds is 28. The van der Waals surface area contributed by atoms with E-state index in [1.54, 1.807) is 26.1 Å². The lowest BCUT2D eigenvalue weighted by Gasteiger charge is -2.29. The van der Waals surface area contributed by atoms with Crippen molar-refractivity contribution >= 4 is 95.4 Å². The van der Waals surface area contributed by atoms with Gasteiger partial charge in [-0.3, -0.25) is 47.9 Å². The van der Waals surface area contributed by atoms with Crippen LogP contribution in [0.25, 0.3) is 10.9 Å². The Bertz CT molecular complexity index is 2090. The van der Waals surface area contributed by atoms with Crippen LogP contribution in [0.4, 0.5) is 0 Å². The van der Waals surface area contributed by atoms with Gasteiger partial charge in [0.05, 0.1) is 25.2 Å². The maximum absolute atomic E-state index is 13.7. The third-order valence-corrected chi connectivity index (χ3v) is 11.2. The predicted octanol–water partition coefficient (Wildman–Crippen LogP) is -3.96. The molecule has 2 aromatic rings. The Labute approximate surface area is 396 Å². The number of hydrogen-bond donors (Lipinski definition) is 16. The summed E-state index contributed by atoms with van der Waals surface area (Å²) < 4.78 is 0. The van der Waals surface area contributed by atoms with Gasteiger partial charge >= 0.3 is 11.9 Å². The van der Waals surface area contributed by atoms with Crippen molar-refractivity contribution in [2.45, 2.75) is 108 Å². The van der Waals surface area contributed by atoms with Crippen LogP contribution in [-0.4, -0.2) is 164 Å². The Hall–Kier alpha value is -5.96. The van der Waals surface area contributed by atoms with E-state index < -0.39 is 145 Å². The Morgan fingerprint density at radius 3 is 1.67 bits per heavy atom. The lowest BCUT2D eigenvalue weighted by Crippen LogP contribution is -2.63. The van der Waals surface area contributed by atoms with Gasteiger partial charge in [-0.05, 0) is 36.8 Å². The van der Waals surface area contributed by atoms with E-state index in [-0.39, 0.29) is 17.9 Å². The highest BCUT2D eigenvalue weighted by Crippen LogP contribution is 2.19. The number of hydrogen-bond acceptors (Lipinski definition) is 15. The molecule has 10 atom stereocenters. The smallest absolute Gasteiger partial charge is 0.322 e. The number of carboxylic acids is 2. The van der Waals surface area contributed by atoms with E-state index in [0.29, 0.717) is 12.0 Å². The summed E-state index contributed by atoms with van der Waals surface area (Å²) in [7, 11) is 0. The Kier molecular flexibility index (Phi) is 23.6. The molecular formula is C41H62N10O14S2. The number of carbonyl (C=O) groups is 10. The van der Waals surface area contributed by atoms with Crippen LogP contribution in [0.3, 0.4) is 0 Å². The Balaban J connectivity index is 2.16. The van der Waals surface area contributed by atoms with Crippen molar-refractivity contribution in [3.05, 3.63) is 36.0 Å². The standard InChI is InChI=1S/C41H62N10O14S2/c1-6-19(4)32(50-36(60)25(12-29(54)55)45-34(58)23(42)11-21-13-43-24-10-8-7-9-22(21)24)40(64)48-28(17-67)38(62)46-26(15-52)37(61)49-31(18(2)3)39(63)51-33(20(5)53)41(65)47-27(16-66)35(59)44-14-30(56)57/h7-10,13,18-20,23,25-28,31-33,43,52-53,66-67H,6,11-12,14-17,42H2,1-5H3,(H,44,59)(H,45,58)(H,46,62)(H,47,65)(H,48,64)(H,49,61)(H,50,60)(H,51,63)(H,54,55)(H,56,57). The highest BCUT2D eigenvalue weighted by atomic mass is 32.1. The third kappa shape index (κ3) is 17.7. The highest BCUT2D eigenvalue weighted by molar-refractivity contribution is 7.80. The quantitative estimate of drug-likeness (QED) is 0.0362. The molecule has 0 radical (unpaired) electrons. The maximum atomic E-state index is 13.7. The summed E-state index contributed by atoms with van der Waals surface area (Å²) in [5.74, 6) is -12.7. The minimum atomic E-state index is -1.73. The van der Waals surface area contributed by atoms with Gasteiger partial charge in [0.25, 0.3) is 0 Å². The number of aliphatic hydroxyl groups excluding tert-OH is 2. The number of nitrogens with two attached hydrogens (primary N) is 1. The van der Waals surface area contributed by atoms with Crippen LogP contribution in [0.5, 0.6) is 0 Å². The van der Waals surface area contributed by atoms with Gasteiger partial charge in [0.1, 0.15) is 48.8 Å². The van der Waals surface area contributed by atoms with Gasteiger partial charge in [0.15, 0.2) is 0 Å². The summed E-state index contributed by atoms with van der Waals surface area (Å²) in [5.41, 5.74) is 7.68. The van der Waals surface area contributed by atoms with E-state index in [1.807, 2.05) is 18.2 Å². The molecular weight excluding hydrogens is 921 g/mol. The van der Waals surface area contributed by atoms with Crippen LogP contribution in [0.2, 0.25) is 0 Å². The van der Waals surface area contributed by atoms with Gasteiger partial charge < -0.3 is 73.7 Å². The number of aromatic amines is 1. The molecule has 0 aliphatic heterocycles. The van der Waals surface area contributed by atoms with Gasteiger partial charge in [-0.2, -0.15) is 25.3 Å². The number of benzene rings is 1. The third-order valence-electron chi connectivity index (χ3n) is 10.4. The van der Waals surface area contributed by atoms with Crippen LogP contribution in [-0.2, 0) is 54.4 Å². The lowest BCUT2D eigenvalue weighted by atomic mass is 9.97. The number of aromatic nitrogens is 1. The molecule has 1 aromatic carbocycles. The molecule has 24 nitrogen and oxygen atoms in total. The molecule has 0 spiro atoms. The zero-order chi connectivity index (χ0) is 50.7. The van der Waals surface area contributed by atoms with Crippen LogP contribution in [0, 0.1) is 11.8 Å². The van der Waals surface area contributed by atoms with E-state index >= 15 is 0 Å². The van der Waals surface area contributed by atoms with E-state index in [4.69, 9.17) is 10.8 Å². The Morgan fingerprint density at radius 1 is 0.642 bits per heavy atom. The average Bonchev–Trinajstić information content (AvgIpc) is 3.68. The lowest BCUT2D eigenvalue weighted by molar-refractivity contribution is -0.141. The SMILES string of the molecule is CCC(C)C(NC(=O)C(CC(=O)O)NC(=O)C(N)Cc1c[nH]c2ccccc12)C(=O)NC(CS)C(=O)NC(CO)C(=O)NC(C(=O)NC(C(=O)NC(CS)C(=O)NCC(=O)O)C(C)O)C(C)C. The van der Waals surface area contributed by atoms with Crippen LogP contribution in [0.15, 0.2) is 30.5 Å². The second kappa shape index (κ2) is 27.6. The van der Waals surface area contributed by atoms with E-state index in [0.717, 1.165) is 17.8 Å². The summed E-state index contributed by atoms with van der Waals surface area (Å²) in [5, 5.41) is 58.2. The second-order valence-electron chi connectivity index (χ2n) is 16.0. The first-order valence-electron chi connectivity index (χ1n) is 21.1. The van der Waals surface area contributed by atoms with E-state index in [2.05, 4.69) is 72.8 Å². The normalized spacial score (nSPS) is 15.7. The van der Waals surface area contributed by atoms with Crippen LogP contribution in [0.1, 0.15) is 53.0 Å². The molecule has 1 aromatic heterocycles. The molecule has 372 valence electrons. The highest BCUT2D eigenvalue weighted by Gasteiger charge is 2.37. The van der Waals surface area contributed by atoms with Gasteiger partial charge in [0.2, 0.25) is 47.3 Å². The molecule has 0 bridgehead atoms. The fourth-order valence-electron chi connectivity index (χ4n) is 6.35. The number of carboxylic acid groups (broad SMARTS) is 2. The number of fused-ring (bicyclic) bond motifs is 1. The van der Waals surface area contributed by atoms with Gasteiger partial charge in [-0.25, -0.2) is 0 Å². The number of amides is 8. The molecule has 15 N–H and O–H groups in total. The summed E-state index contributed by atoms with van der Waals surface area (Å²) in [4.78, 5) is 132. The number of thiol groups is 2. The Morgan fingerprint density at radius 2 is 1.13 bits per heavy atom. The van der Waals surface area contributed by atoms with Crippen molar-refractivity contribution in [3.63, 3.8) is 0 Å². The number of aliphatic hydroxyl groups is 2. The van der Waals surface area contributed by atoms with E-state index in [9.17, 15) is 63.3 Å². The molecule has 0 fully saturated rings. The number of carbonyl (C=O) groups excluding carboxylic acids is 8. The molecule has 67 heavy (non-hydrogen) atoms. The minimum Gasteiger partial charge on any atom is -0.481 e. The predicted molar refractivity (Wildman–Crippen MR) is 247 cm³/mol. The van der Waals surface area contributed by atoms with Crippen molar-refractivity contribution < 1.29 is 68.4 Å². The number of nitrogens with one attached hydrogen (secondary N) is 9. The number of H-pyrrole nitrogens is 1. The molecule has 8 amide bonds. The molecule has 0 saturated carbocycles. The first-order chi connectivity index (χ1) is 31.5. The average molecular weight is 983 g/mol. The van der Waals surface area contributed by atoms with Crippen LogP contribution < -0.4 is 48.3 Å². The molecule has 26 heteroatoms. The fourth-order valence-corrected chi connectivity index (χ4v) is 6.86. The first-order valence-corrected chi connectivity index (χ1v) is 22.4. The molecule has 10 unspecified atom stereocenters. The molecule has 0 saturated heterocycles. The van der Waals surface area contributed by atoms with E-state index in [1.165, 1.54) is 13.8 Å². The van der Waals surface area contributed by atoms with Crippen molar-refractivity contribution in [1.82, 2.24) is 47.5 Å². The molecule has 1 heterocycles. The summed E-state index contributed by atoms with van der Waals surface area (Å²) in [6, 6.07) is -4.71. The number of para-hydroxylation sites is 1. The van der Waals surface area contributed by atoms with Crippen molar-refractivity contribution in [3.8, 4) is 0 Å². The molecule has 2 rings (SSSR count). The minimum absolute atomic E-state index is 0.0426. The topological polar surface area (TPSA) is 390 Å². The number of aliphatic carboxylic acids is 2. The van der Waals surface area contributed by atoms with Gasteiger partial charge in [0, 0.05) is 28.6 Å². The van der Waals surface area contributed by atoms with Gasteiger partial charge in [-0.15, -0.1) is 0 Å². The van der Waals surface area contributed by atoms with Gasteiger partial charge in [-0.1, -0.05) is 52.3 Å². The second-order valence-corrected chi connectivity index (χ2v) is 16.7. The fraction of sp³-hybridized carbons (Fsp3) is 0.561. The first kappa shape index (κ1) is 57.2. The zero-order valence-electron chi connectivity index (χ0n) is 37.5. The molecule has 0 aliphatic carbocycles.